The molecule has 5 atom stereocenters. The van der Waals surface area contributed by atoms with Crippen LogP contribution in [0.15, 0.2) is 97.2 Å². The van der Waals surface area contributed by atoms with Crippen LogP contribution in [0.25, 0.3) is 0 Å². The molecular weight excluding hydrogens is 1310 g/mol. The third kappa shape index (κ3) is 72.3. The molecule has 0 aromatic rings. The lowest BCUT2D eigenvalue weighted by atomic mass is 10.0. The first kappa shape index (κ1) is 96.0. The molecule has 578 valence electrons. The third-order valence-corrected chi connectivity index (χ3v) is 18.4. The van der Waals surface area contributed by atoms with Crippen LogP contribution in [0.3, 0.4) is 0 Å². The molecule has 0 aromatic carbocycles. The molecule has 17 nitrogen and oxygen atoms in total. The normalized spacial score (nSPS) is 14.4. The summed E-state index contributed by atoms with van der Waals surface area (Å²) in [5.74, 6) is -2.27. The van der Waals surface area contributed by atoms with Gasteiger partial charge in [0.25, 0.3) is 0 Å². The van der Waals surface area contributed by atoms with Crippen molar-refractivity contribution < 1.29 is 80.2 Å². The number of hydrogen-bond donors (Lipinski definition) is 3. The molecule has 0 spiro atoms. The van der Waals surface area contributed by atoms with E-state index in [0.717, 1.165) is 128 Å². The smallest absolute Gasteiger partial charge is 0.462 e. The van der Waals surface area contributed by atoms with E-state index in [0.29, 0.717) is 32.1 Å². The lowest BCUT2D eigenvalue weighted by Crippen LogP contribution is -2.30. The van der Waals surface area contributed by atoms with E-state index in [1.165, 1.54) is 122 Å². The molecule has 0 saturated carbocycles. The van der Waals surface area contributed by atoms with Gasteiger partial charge in [-0.1, -0.05) is 298 Å². The fourth-order valence-electron chi connectivity index (χ4n) is 10.5. The highest BCUT2D eigenvalue weighted by atomic mass is 31.2. The van der Waals surface area contributed by atoms with Crippen molar-refractivity contribution in [3.63, 3.8) is 0 Å². The van der Waals surface area contributed by atoms with E-state index >= 15 is 0 Å². The van der Waals surface area contributed by atoms with E-state index in [1.807, 2.05) is 18.2 Å². The van der Waals surface area contributed by atoms with Crippen LogP contribution in [0.1, 0.15) is 336 Å². The first-order valence-electron chi connectivity index (χ1n) is 39.5. The molecule has 0 aromatic heterocycles. The van der Waals surface area contributed by atoms with Crippen LogP contribution in [0.4, 0.5) is 0 Å². The summed E-state index contributed by atoms with van der Waals surface area (Å²) in [5, 5.41) is 10.6. The second-order valence-electron chi connectivity index (χ2n) is 26.3. The number of carbonyl (C=O) groups excluding carboxylic acids is 4. The van der Waals surface area contributed by atoms with Gasteiger partial charge >= 0.3 is 39.5 Å². The van der Waals surface area contributed by atoms with E-state index in [9.17, 15) is 43.2 Å². The molecule has 19 heteroatoms. The van der Waals surface area contributed by atoms with Gasteiger partial charge in [0.05, 0.1) is 26.4 Å². The number of carbonyl (C=O) groups is 4. The van der Waals surface area contributed by atoms with Gasteiger partial charge in [0.15, 0.2) is 12.2 Å². The summed E-state index contributed by atoms with van der Waals surface area (Å²) < 4.78 is 68.4. The Hall–Kier alpha value is -4.02. The van der Waals surface area contributed by atoms with Crippen LogP contribution in [0.2, 0.25) is 0 Å². The maximum absolute atomic E-state index is 13.1. The number of rotatable bonds is 74. The minimum absolute atomic E-state index is 0.0350. The molecular formula is C81H142O17P2. The van der Waals surface area contributed by atoms with E-state index in [2.05, 4.69) is 107 Å². The number of ether oxygens (including phenoxy) is 4. The highest BCUT2D eigenvalue weighted by Gasteiger charge is 2.30. The van der Waals surface area contributed by atoms with Gasteiger partial charge in [-0.3, -0.25) is 37.3 Å². The molecule has 0 radical (unpaired) electrons. The fraction of sp³-hybridized carbons (Fsp3) is 0.753. The number of esters is 4. The molecule has 0 heterocycles. The van der Waals surface area contributed by atoms with Gasteiger partial charge in [-0.25, -0.2) is 9.13 Å². The monoisotopic (exact) mass is 1450 g/mol. The molecule has 0 aliphatic heterocycles. The molecule has 5 unspecified atom stereocenters. The Balaban J connectivity index is 5.38. The topological polar surface area (TPSA) is 237 Å². The van der Waals surface area contributed by atoms with E-state index < -0.39 is 97.5 Å². The van der Waals surface area contributed by atoms with Gasteiger partial charge in [-0.2, -0.15) is 0 Å². The van der Waals surface area contributed by atoms with Gasteiger partial charge in [-0.05, 0) is 109 Å². The quantitative estimate of drug-likeness (QED) is 0.0169. The van der Waals surface area contributed by atoms with Crippen molar-refractivity contribution in [2.45, 2.75) is 354 Å². The van der Waals surface area contributed by atoms with Gasteiger partial charge in [0.1, 0.15) is 19.3 Å². The summed E-state index contributed by atoms with van der Waals surface area (Å²) in [6.07, 6.45) is 77.0. The van der Waals surface area contributed by atoms with E-state index in [-0.39, 0.29) is 25.7 Å². The van der Waals surface area contributed by atoms with Crippen LogP contribution in [-0.2, 0) is 65.4 Å². The highest BCUT2D eigenvalue weighted by Crippen LogP contribution is 2.45. The zero-order valence-corrected chi connectivity index (χ0v) is 64.9. The highest BCUT2D eigenvalue weighted by molar-refractivity contribution is 7.47. The standard InChI is InChI=1S/C81H142O17P2/c1-5-9-13-17-21-25-29-32-35-36-37-38-41-43-47-50-54-58-62-66-79(84)92-72-77(98-81(86)68-64-60-56-52-48-44-40-34-31-27-23-19-15-11-7-3)74-96-100(89,90)94-70-75(82)69-93-99(87,88)95-73-76(97-80(85)67-63-59-55-51-45-28-24-20-16-12-8-4)71-91-78(83)65-61-57-53-49-46-42-39-33-30-26-22-18-14-10-6-2/h9,13,20-21,24-25,32,34-35,37-38,40,43,47,54,58,75-77,82H,5-8,10-12,14-19,22-23,26-31,33,36,39,41-42,44-46,48-53,55-57,59-74H2,1-4H3,(H,87,88)(H,89,90)/b13-9-,24-20-,25-21-,35-32-,38-37-,40-34-,47-43-,58-54-. The van der Waals surface area contributed by atoms with Crippen LogP contribution >= 0.6 is 15.6 Å². The van der Waals surface area contributed by atoms with Crippen molar-refractivity contribution in [3.8, 4) is 0 Å². The average molecular weight is 1450 g/mol. The zero-order valence-electron chi connectivity index (χ0n) is 63.1. The number of allylic oxidation sites excluding steroid dienone is 16. The fourth-order valence-corrected chi connectivity index (χ4v) is 12.1. The Bertz CT molecular complexity index is 2270. The van der Waals surface area contributed by atoms with E-state index in [4.69, 9.17) is 37.0 Å². The lowest BCUT2D eigenvalue weighted by Gasteiger charge is -2.21. The molecule has 0 bridgehead atoms. The summed E-state index contributed by atoms with van der Waals surface area (Å²) in [5.41, 5.74) is 0. The first-order chi connectivity index (χ1) is 48.7. The summed E-state index contributed by atoms with van der Waals surface area (Å²) in [6, 6.07) is 0. The SMILES string of the molecule is CC/C=C\C/C=C\C/C=C\C/C=C\C/C=C\C/C=C\CCC(=O)OCC(COP(=O)(O)OCC(O)COP(=O)(O)OCC(COC(=O)CCCCCCCCCCCCCCCCC)OC(=O)CCCCCCC/C=C\CCCC)OC(=O)CCCCCCC/C=C\CCCCCCCC. The number of aliphatic hydroxyl groups is 1. The number of hydrogen-bond acceptors (Lipinski definition) is 15. The van der Waals surface area contributed by atoms with Gasteiger partial charge < -0.3 is 33.8 Å². The van der Waals surface area contributed by atoms with Crippen molar-refractivity contribution in [2.75, 3.05) is 39.6 Å². The average Bonchev–Trinajstić information content (AvgIpc) is 0.985. The summed E-state index contributed by atoms with van der Waals surface area (Å²) in [4.78, 5) is 72.8. The Morgan fingerprint density at radius 3 is 0.890 bits per heavy atom. The van der Waals surface area contributed by atoms with Crippen molar-refractivity contribution >= 4 is 39.5 Å². The van der Waals surface area contributed by atoms with Crippen LogP contribution in [-0.4, -0.2) is 96.7 Å². The number of phosphoric acid groups is 2. The predicted octanol–water partition coefficient (Wildman–Crippen LogP) is 22.8. The van der Waals surface area contributed by atoms with E-state index in [1.54, 1.807) is 0 Å². The molecule has 0 saturated heterocycles. The largest absolute Gasteiger partial charge is 0.472 e. The van der Waals surface area contributed by atoms with Gasteiger partial charge in [0.2, 0.25) is 0 Å². The Morgan fingerprint density at radius 2 is 0.550 bits per heavy atom. The predicted molar refractivity (Wildman–Crippen MR) is 409 cm³/mol. The molecule has 0 aliphatic rings. The molecule has 0 amide bonds. The van der Waals surface area contributed by atoms with Crippen molar-refractivity contribution in [3.05, 3.63) is 97.2 Å². The summed E-state index contributed by atoms with van der Waals surface area (Å²) >= 11 is 0. The zero-order chi connectivity index (χ0) is 73.2. The molecule has 0 rings (SSSR count). The second kappa shape index (κ2) is 73.3. The summed E-state index contributed by atoms with van der Waals surface area (Å²) in [6.45, 7) is 4.65. The van der Waals surface area contributed by atoms with Gasteiger partial charge in [-0.15, -0.1) is 0 Å². The van der Waals surface area contributed by atoms with Crippen LogP contribution < -0.4 is 0 Å². The van der Waals surface area contributed by atoms with Crippen molar-refractivity contribution in [1.82, 2.24) is 0 Å². The second-order valence-corrected chi connectivity index (χ2v) is 29.2. The van der Waals surface area contributed by atoms with Crippen LogP contribution in [0.5, 0.6) is 0 Å². The lowest BCUT2D eigenvalue weighted by molar-refractivity contribution is -0.161. The van der Waals surface area contributed by atoms with Crippen molar-refractivity contribution in [1.29, 1.82) is 0 Å². The minimum atomic E-state index is -4.99. The number of aliphatic hydroxyl groups excluding tert-OH is 1. The number of unbranched alkanes of at least 4 members (excludes halogenated alkanes) is 32. The molecule has 0 fully saturated rings. The van der Waals surface area contributed by atoms with Gasteiger partial charge in [0, 0.05) is 25.7 Å². The Morgan fingerprint density at radius 1 is 0.290 bits per heavy atom. The summed E-state index contributed by atoms with van der Waals surface area (Å²) in [7, 11) is -9.97. The third-order valence-electron chi connectivity index (χ3n) is 16.5. The Labute approximate surface area is 607 Å². The Kier molecular flexibility index (Phi) is 70.4. The molecule has 0 aliphatic carbocycles. The maximum Gasteiger partial charge on any atom is 0.472 e. The minimum Gasteiger partial charge on any atom is -0.462 e. The van der Waals surface area contributed by atoms with Crippen LogP contribution in [0, 0.1) is 0 Å². The first-order valence-corrected chi connectivity index (χ1v) is 42.5. The number of phosphoric ester groups is 2. The van der Waals surface area contributed by atoms with Crippen molar-refractivity contribution in [2.24, 2.45) is 0 Å². The maximum atomic E-state index is 13.1. The molecule has 100 heavy (non-hydrogen) atoms. The molecule has 3 N–H and O–H groups in total.